The molecule has 2 heteroatoms. The Kier molecular flexibility index (Phi) is 0.819. The lowest BCUT2D eigenvalue weighted by Gasteiger charge is -1.93. The molecule has 0 saturated carbocycles. The first-order valence-electron chi connectivity index (χ1n) is 1.63. The number of hydrogen-bond donors (Lipinski definition) is 1. The van der Waals surface area contributed by atoms with Gasteiger partial charge in [0.05, 0.1) is 0 Å². The molecule has 1 aliphatic rings. The lowest BCUT2D eigenvalue weighted by atomic mass is 10.8. The van der Waals surface area contributed by atoms with E-state index in [1.807, 2.05) is 0 Å². The average Bonchev–Trinajstić information content (AvgIpc) is 1.72. The van der Waals surface area contributed by atoms with E-state index in [2.05, 4.69) is 16.3 Å². The van der Waals surface area contributed by atoms with Crippen LogP contribution in [0, 0.1) is 6.20 Å². The SMILES string of the molecule is [C]1=COC=CN1. The maximum atomic E-state index is 4.59. The molecule has 1 rings (SSSR count). The molecule has 31 valence electrons. The summed E-state index contributed by atoms with van der Waals surface area (Å²) in [6.07, 6.45) is 7.24. The summed E-state index contributed by atoms with van der Waals surface area (Å²) >= 11 is 0. The van der Waals surface area contributed by atoms with E-state index in [0.717, 1.165) is 0 Å². The van der Waals surface area contributed by atoms with Crippen LogP contribution in [-0.4, -0.2) is 0 Å². The third-order valence-corrected chi connectivity index (χ3v) is 0.440. The monoisotopic (exact) mass is 82.0 g/mol. The predicted molar refractivity (Wildman–Crippen MR) is 21.2 cm³/mol. The molecule has 0 aliphatic carbocycles. The van der Waals surface area contributed by atoms with Crippen molar-refractivity contribution in [3.8, 4) is 0 Å². The van der Waals surface area contributed by atoms with Gasteiger partial charge in [-0.2, -0.15) is 0 Å². The highest BCUT2D eigenvalue weighted by molar-refractivity contribution is 4.81. The van der Waals surface area contributed by atoms with Gasteiger partial charge in [-0.05, 0) is 0 Å². The largest absolute Gasteiger partial charge is 0.469 e. The summed E-state index contributed by atoms with van der Waals surface area (Å²) in [5.74, 6) is 0. The molecular formula is C4H4NO. The lowest BCUT2D eigenvalue weighted by Crippen LogP contribution is -1.96. The lowest BCUT2D eigenvalue weighted by molar-refractivity contribution is 0.386. The summed E-state index contributed by atoms with van der Waals surface area (Å²) in [6, 6.07) is 0. The van der Waals surface area contributed by atoms with E-state index in [9.17, 15) is 0 Å². The molecule has 0 spiro atoms. The van der Waals surface area contributed by atoms with Crippen LogP contribution < -0.4 is 5.32 Å². The van der Waals surface area contributed by atoms with Crippen molar-refractivity contribution in [2.75, 3.05) is 0 Å². The smallest absolute Gasteiger partial charge is 0.116 e. The third-order valence-electron chi connectivity index (χ3n) is 0.440. The third kappa shape index (κ3) is 0.516. The molecule has 0 amide bonds. The Morgan fingerprint density at radius 2 is 2.67 bits per heavy atom. The first kappa shape index (κ1) is 3.28. The van der Waals surface area contributed by atoms with E-state index in [1.54, 1.807) is 6.20 Å². The quantitative estimate of drug-likeness (QED) is 0.455. The highest BCUT2D eigenvalue weighted by Crippen LogP contribution is 1.80. The van der Waals surface area contributed by atoms with Crippen LogP contribution in [0.1, 0.15) is 0 Å². The van der Waals surface area contributed by atoms with Crippen LogP contribution in [0.4, 0.5) is 0 Å². The van der Waals surface area contributed by atoms with Crippen molar-refractivity contribution in [2.24, 2.45) is 0 Å². The van der Waals surface area contributed by atoms with Gasteiger partial charge in [0.2, 0.25) is 0 Å². The Morgan fingerprint density at radius 1 is 1.67 bits per heavy atom. The summed E-state index contributed by atoms with van der Waals surface area (Å²) in [5, 5.41) is 2.67. The minimum absolute atomic E-state index is 1.44. The Hall–Kier alpha value is -0.920. The Labute approximate surface area is 36.1 Å². The van der Waals surface area contributed by atoms with Gasteiger partial charge in [-0.15, -0.1) is 0 Å². The number of nitrogens with one attached hydrogen (secondary N) is 1. The van der Waals surface area contributed by atoms with Crippen molar-refractivity contribution >= 4 is 0 Å². The molecule has 1 N–H and O–H groups in total. The van der Waals surface area contributed by atoms with Crippen molar-refractivity contribution in [3.63, 3.8) is 0 Å². The molecule has 1 radical (unpaired) electrons. The van der Waals surface area contributed by atoms with E-state index >= 15 is 0 Å². The number of hydrogen-bond acceptors (Lipinski definition) is 2. The fraction of sp³-hybridized carbons (Fsp3) is 0. The highest BCUT2D eigenvalue weighted by atomic mass is 16.5. The molecule has 0 atom stereocenters. The molecule has 0 fully saturated rings. The highest BCUT2D eigenvalue weighted by Gasteiger charge is 1.73. The maximum Gasteiger partial charge on any atom is 0.116 e. The van der Waals surface area contributed by atoms with Gasteiger partial charge in [0.25, 0.3) is 0 Å². The maximum absolute atomic E-state index is 4.59. The fourth-order valence-electron chi connectivity index (χ4n) is 0.229. The topological polar surface area (TPSA) is 21.3 Å². The normalized spacial score (nSPS) is 16.0. The summed E-state index contributed by atoms with van der Waals surface area (Å²) in [6.45, 7) is 0. The van der Waals surface area contributed by atoms with Crippen LogP contribution >= 0.6 is 0 Å². The van der Waals surface area contributed by atoms with Gasteiger partial charge in [-0.1, -0.05) is 0 Å². The predicted octanol–water partition coefficient (Wildman–Crippen LogP) is 0.352. The molecule has 1 heterocycles. The van der Waals surface area contributed by atoms with Gasteiger partial charge in [-0.3, -0.25) is 0 Å². The van der Waals surface area contributed by atoms with Crippen molar-refractivity contribution in [1.82, 2.24) is 5.32 Å². The molecular weight excluding hydrogens is 78.0 g/mol. The minimum Gasteiger partial charge on any atom is -0.469 e. The zero-order valence-corrected chi connectivity index (χ0v) is 3.14. The van der Waals surface area contributed by atoms with E-state index in [1.165, 1.54) is 12.5 Å². The summed E-state index contributed by atoms with van der Waals surface area (Å²) in [4.78, 5) is 0. The first-order valence-corrected chi connectivity index (χ1v) is 1.63. The van der Waals surface area contributed by atoms with E-state index < -0.39 is 0 Å². The van der Waals surface area contributed by atoms with E-state index in [4.69, 9.17) is 0 Å². The van der Waals surface area contributed by atoms with Crippen LogP contribution in [-0.2, 0) is 4.74 Å². The molecule has 0 saturated heterocycles. The molecule has 0 bridgehead atoms. The van der Waals surface area contributed by atoms with E-state index in [0.29, 0.717) is 0 Å². The van der Waals surface area contributed by atoms with Gasteiger partial charge < -0.3 is 10.1 Å². The van der Waals surface area contributed by atoms with Gasteiger partial charge in [0, 0.05) is 6.20 Å². The fourth-order valence-corrected chi connectivity index (χ4v) is 0.229. The van der Waals surface area contributed by atoms with Crippen LogP contribution in [0.3, 0.4) is 0 Å². The first-order chi connectivity index (χ1) is 3.00. The average molecular weight is 82.1 g/mol. The van der Waals surface area contributed by atoms with Crippen molar-refractivity contribution in [1.29, 1.82) is 0 Å². The molecule has 0 aromatic rings. The van der Waals surface area contributed by atoms with E-state index in [-0.39, 0.29) is 0 Å². The molecule has 2 nitrogen and oxygen atoms in total. The standard InChI is InChI=1S/C4H4NO/c1-3-6-4-2-5-1/h1,3-5H. The van der Waals surface area contributed by atoms with Gasteiger partial charge in [0.1, 0.15) is 18.7 Å². The molecule has 0 unspecified atom stereocenters. The summed E-state index contributed by atoms with van der Waals surface area (Å²) in [5.41, 5.74) is 0. The van der Waals surface area contributed by atoms with Gasteiger partial charge in [0.15, 0.2) is 0 Å². The van der Waals surface area contributed by atoms with Crippen molar-refractivity contribution in [2.45, 2.75) is 0 Å². The summed E-state index contributed by atoms with van der Waals surface area (Å²) in [7, 11) is 0. The molecule has 0 aromatic carbocycles. The molecule has 6 heavy (non-hydrogen) atoms. The second-order valence-electron chi connectivity index (χ2n) is 0.845. The van der Waals surface area contributed by atoms with Gasteiger partial charge >= 0.3 is 0 Å². The zero-order valence-electron chi connectivity index (χ0n) is 3.14. The number of ether oxygens (including phenoxy) is 1. The summed E-state index contributed by atoms with van der Waals surface area (Å²) < 4.78 is 4.59. The second-order valence-corrected chi connectivity index (χ2v) is 0.845. The molecule has 0 aromatic heterocycles. The Morgan fingerprint density at radius 3 is 2.83 bits per heavy atom. The second kappa shape index (κ2) is 1.50. The Balaban J connectivity index is 2.40. The zero-order chi connectivity index (χ0) is 4.24. The number of rotatable bonds is 0. The van der Waals surface area contributed by atoms with Crippen LogP contribution in [0.5, 0.6) is 0 Å². The minimum atomic E-state index is 1.44. The van der Waals surface area contributed by atoms with Crippen LogP contribution in [0.25, 0.3) is 0 Å². The van der Waals surface area contributed by atoms with Gasteiger partial charge in [-0.25, -0.2) is 0 Å². The van der Waals surface area contributed by atoms with Crippen molar-refractivity contribution in [3.05, 3.63) is 24.9 Å². The van der Waals surface area contributed by atoms with Crippen LogP contribution in [0.15, 0.2) is 18.7 Å². The van der Waals surface area contributed by atoms with Crippen molar-refractivity contribution < 1.29 is 4.74 Å². The molecule has 1 aliphatic heterocycles. The van der Waals surface area contributed by atoms with Crippen LogP contribution in [0.2, 0.25) is 0 Å². The Bertz CT molecular complexity index is 65.5.